The van der Waals surface area contributed by atoms with E-state index in [1.165, 1.54) is 57.2 Å². The largest absolute Gasteiger partial charge is 0.497 e. The van der Waals surface area contributed by atoms with Crippen molar-refractivity contribution in [3.63, 3.8) is 0 Å². The maximum absolute atomic E-state index is 12.8. The molecule has 0 aromatic heterocycles. The molecule has 2 rings (SSSR count). The summed E-state index contributed by atoms with van der Waals surface area (Å²) in [5.74, 6) is -1.68. The Morgan fingerprint density at radius 2 is 1.79 bits per heavy atom. The first-order valence-corrected chi connectivity index (χ1v) is 10.4. The van der Waals surface area contributed by atoms with Crippen molar-refractivity contribution in [1.29, 1.82) is 0 Å². The van der Waals surface area contributed by atoms with Crippen LogP contribution in [0.3, 0.4) is 0 Å². The van der Waals surface area contributed by atoms with E-state index in [1.54, 1.807) is 6.92 Å². The van der Waals surface area contributed by atoms with Gasteiger partial charge in [-0.25, -0.2) is 18.0 Å². The number of hydrogen-bond donors (Lipinski definition) is 1. The van der Waals surface area contributed by atoms with Crippen LogP contribution in [0.25, 0.3) is 0 Å². The minimum Gasteiger partial charge on any atom is -0.497 e. The van der Waals surface area contributed by atoms with Crippen molar-refractivity contribution in [1.82, 2.24) is 9.80 Å². The molecule has 1 aromatic rings. The Balaban J connectivity index is 2.54. The zero-order chi connectivity index (χ0) is 22.1. The average molecular weight is 424 g/mol. The molecule has 10 heteroatoms. The van der Waals surface area contributed by atoms with Crippen LogP contribution in [0.1, 0.15) is 27.2 Å². The number of carboxylic acid groups (broad SMARTS) is 1. The lowest BCUT2D eigenvalue weighted by Crippen LogP contribution is -2.45. The number of methoxy groups -OCH3 is 1. The van der Waals surface area contributed by atoms with E-state index in [2.05, 4.69) is 0 Å². The number of imide groups is 1. The molecular weight excluding hydrogens is 400 g/mol. The number of carbonyl (C=O) groups excluding carboxylic acids is 2. The van der Waals surface area contributed by atoms with Gasteiger partial charge in [-0.1, -0.05) is 6.92 Å². The molecule has 1 saturated heterocycles. The zero-order valence-electron chi connectivity index (χ0n) is 16.9. The number of aliphatic carboxylic acids is 1. The Bertz CT molecular complexity index is 965. The van der Waals surface area contributed by atoms with Crippen molar-refractivity contribution >= 4 is 27.7 Å². The lowest BCUT2D eigenvalue weighted by Gasteiger charge is -2.25. The summed E-state index contributed by atoms with van der Waals surface area (Å²) in [5.41, 5.74) is -1.72. The minimum absolute atomic E-state index is 0.0394. The number of carboxylic acids is 1. The maximum Gasteiger partial charge on any atom is 0.334 e. The van der Waals surface area contributed by atoms with E-state index in [0.717, 1.165) is 4.90 Å². The molecule has 0 saturated carbocycles. The molecule has 9 nitrogen and oxygen atoms in total. The van der Waals surface area contributed by atoms with Crippen LogP contribution >= 0.6 is 0 Å². The van der Waals surface area contributed by atoms with Gasteiger partial charge in [-0.3, -0.25) is 9.69 Å². The number of ether oxygens (including phenoxy) is 1. The Morgan fingerprint density at radius 3 is 2.17 bits per heavy atom. The molecule has 1 fully saturated rings. The van der Waals surface area contributed by atoms with Crippen LogP contribution in [0.4, 0.5) is 4.79 Å². The highest BCUT2D eigenvalue weighted by Crippen LogP contribution is 2.31. The number of hydrogen-bond acceptors (Lipinski definition) is 6. The molecule has 1 unspecified atom stereocenters. The summed E-state index contributed by atoms with van der Waals surface area (Å²) in [6, 6.07) is 3.53. The molecule has 29 heavy (non-hydrogen) atoms. The van der Waals surface area contributed by atoms with Crippen molar-refractivity contribution in [2.45, 2.75) is 43.7 Å². The Labute approximate surface area is 169 Å². The first-order valence-electron chi connectivity index (χ1n) is 8.84. The second-order valence-corrected chi connectivity index (χ2v) is 8.90. The molecule has 1 aliphatic rings. The van der Waals surface area contributed by atoms with Crippen molar-refractivity contribution in [2.24, 2.45) is 0 Å². The van der Waals surface area contributed by atoms with Crippen LogP contribution in [0.2, 0.25) is 0 Å². The Kier molecular flexibility index (Phi) is 6.07. The summed E-state index contributed by atoms with van der Waals surface area (Å²) in [4.78, 5) is 39.2. The number of likely N-dealkylation sites (N-methyl/N-ethyl adjacent to an activating group) is 1. The molecule has 1 heterocycles. The van der Waals surface area contributed by atoms with Crippen LogP contribution < -0.4 is 4.74 Å². The number of rotatable bonds is 7. The lowest BCUT2D eigenvalue weighted by molar-refractivity contribution is -0.135. The van der Waals surface area contributed by atoms with Gasteiger partial charge in [0.2, 0.25) is 0 Å². The van der Waals surface area contributed by atoms with Gasteiger partial charge in [-0.15, -0.1) is 0 Å². The predicted octanol–water partition coefficient (Wildman–Crippen LogP) is 1.89. The summed E-state index contributed by atoms with van der Waals surface area (Å²) in [5, 5.41) is 10.3. The van der Waals surface area contributed by atoms with E-state index in [-0.39, 0.29) is 11.3 Å². The highest BCUT2D eigenvalue weighted by molar-refractivity contribution is 7.94. The number of carbonyl (C=O) groups is 3. The van der Waals surface area contributed by atoms with Gasteiger partial charge < -0.3 is 14.7 Å². The first-order chi connectivity index (χ1) is 13.4. The second-order valence-electron chi connectivity index (χ2n) is 7.10. The third kappa shape index (κ3) is 3.98. The minimum atomic E-state index is -4.15. The van der Waals surface area contributed by atoms with Crippen molar-refractivity contribution in [3.05, 3.63) is 35.2 Å². The summed E-state index contributed by atoms with van der Waals surface area (Å²) in [6.45, 7) is 4.66. The zero-order valence-corrected chi connectivity index (χ0v) is 17.7. The summed E-state index contributed by atoms with van der Waals surface area (Å²) >= 11 is 0. The van der Waals surface area contributed by atoms with E-state index in [9.17, 15) is 27.9 Å². The fourth-order valence-corrected chi connectivity index (χ4v) is 4.26. The fraction of sp³-hybridized carbons (Fsp3) is 0.421. The molecule has 0 spiro atoms. The molecule has 1 aromatic carbocycles. The van der Waals surface area contributed by atoms with Crippen molar-refractivity contribution in [2.75, 3.05) is 14.2 Å². The standard InChI is InChI=1S/C19H24N2O7S/c1-6-15(21-17(24)19(2,3)20(4)18(21)25)14(16(22)23)11-29(26,27)13-9-7-12(28-5)8-10-13/h7-11,15H,6H2,1-5H3,(H,22,23)/b14-11+. The molecule has 0 aliphatic carbocycles. The van der Waals surface area contributed by atoms with Crippen molar-refractivity contribution < 1.29 is 32.6 Å². The number of benzene rings is 1. The molecule has 3 amide bonds. The highest BCUT2D eigenvalue weighted by Gasteiger charge is 2.52. The number of nitrogens with zero attached hydrogens (tertiary/aromatic N) is 2. The fourth-order valence-electron chi connectivity index (χ4n) is 3.01. The van der Waals surface area contributed by atoms with Crippen LogP contribution in [-0.4, -0.2) is 67.0 Å². The molecule has 0 radical (unpaired) electrons. The predicted molar refractivity (Wildman–Crippen MR) is 104 cm³/mol. The quantitative estimate of drug-likeness (QED) is 0.524. The summed E-state index contributed by atoms with van der Waals surface area (Å²) < 4.78 is 30.5. The van der Waals surface area contributed by atoms with Gasteiger partial charge in [0.25, 0.3) is 5.91 Å². The number of amides is 3. The molecule has 1 aliphatic heterocycles. The van der Waals surface area contributed by atoms with Gasteiger partial charge in [0.05, 0.1) is 23.6 Å². The third-order valence-electron chi connectivity index (χ3n) is 5.05. The van der Waals surface area contributed by atoms with Crippen LogP contribution in [0.15, 0.2) is 40.1 Å². The monoisotopic (exact) mass is 424 g/mol. The maximum atomic E-state index is 12.8. The topological polar surface area (TPSA) is 121 Å². The third-order valence-corrected chi connectivity index (χ3v) is 6.54. The van der Waals surface area contributed by atoms with Gasteiger partial charge in [-0.2, -0.15) is 0 Å². The van der Waals surface area contributed by atoms with Crippen LogP contribution in [0.5, 0.6) is 5.75 Å². The van der Waals surface area contributed by atoms with E-state index in [4.69, 9.17) is 4.74 Å². The van der Waals surface area contributed by atoms with E-state index < -0.39 is 44.9 Å². The van der Waals surface area contributed by atoms with Crippen LogP contribution in [-0.2, 0) is 19.4 Å². The van der Waals surface area contributed by atoms with E-state index in [1.807, 2.05) is 0 Å². The lowest BCUT2D eigenvalue weighted by atomic mass is 10.0. The summed E-state index contributed by atoms with van der Waals surface area (Å²) in [7, 11) is -1.29. The molecule has 0 bridgehead atoms. The Morgan fingerprint density at radius 1 is 1.24 bits per heavy atom. The van der Waals surface area contributed by atoms with Crippen LogP contribution in [0, 0.1) is 0 Å². The van der Waals surface area contributed by atoms with E-state index in [0.29, 0.717) is 11.2 Å². The molecule has 1 atom stereocenters. The average Bonchev–Trinajstić information content (AvgIpc) is 2.82. The van der Waals surface area contributed by atoms with Gasteiger partial charge in [0.15, 0.2) is 9.84 Å². The van der Waals surface area contributed by atoms with Gasteiger partial charge >= 0.3 is 12.0 Å². The molecule has 1 N–H and O–H groups in total. The first kappa shape index (κ1) is 22.4. The van der Waals surface area contributed by atoms with E-state index >= 15 is 0 Å². The highest BCUT2D eigenvalue weighted by atomic mass is 32.2. The SMILES string of the molecule is CCC(/C(=C\S(=O)(=O)c1ccc(OC)cc1)C(=O)O)N1C(=O)N(C)C(C)(C)C1=O. The second kappa shape index (κ2) is 7.86. The normalized spacial score (nSPS) is 18.2. The molecule has 158 valence electrons. The van der Waals surface area contributed by atoms with Gasteiger partial charge in [0.1, 0.15) is 11.3 Å². The summed E-state index contributed by atoms with van der Waals surface area (Å²) in [6.07, 6.45) is 0.0394. The van der Waals surface area contributed by atoms with Crippen molar-refractivity contribution in [3.8, 4) is 5.75 Å². The van der Waals surface area contributed by atoms with Gasteiger partial charge in [-0.05, 0) is 44.5 Å². The number of sulfone groups is 1. The smallest absolute Gasteiger partial charge is 0.334 e. The molecular formula is C19H24N2O7S. The number of urea groups is 1. The van der Waals surface area contributed by atoms with Gasteiger partial charge in [0, 0.05) is 12.5 Å². The Hall–Kier alpha value is -2.88.